The van der Waals surface area contributed by atoms with Gasteiger partial charge in [0, 0.05) is 5.02 Å². The maximum absolute atomic E-state index is 10.1. The van der Waals surface area contributed by atoms with Crippen molar-refractivity contribution in [2.45, 2.75) is 12.2 Å². The van der Waals surface area contributed by atoms with Gasteiger partial charge >= 0.3 is 0 Å². The van der Waals surface area contributed by atoms with Crippen molar-refractivity contribution >= 4 is 17.9 Å². The smallest absolute Gasteiger partial charge is 0.142 e. The number of allylic oxidation sites excluding steroid dienone is 1. The van der Waals surface area contributed by atoms with Gasteiger partial charge in [0.1, 0.15) is 18.5 Å². The lowest BCUT2D eigenvalue weighted by atomic mass is 10.1. The standard InChI is InChI=1S/C11H9ClO2/c12-9-5-3-8(4-6-9)11-10(14-11)2-1-7-13/h1-7,10-11H/b2-1+. The van der Waals surface area contributed by atoms with Crippen molar-refractivity contribution in [3.63, 3.8) is 0 Å². The van der Waals surface area contributed by atoms with Gasteiger partial charge in [0.15, 0.2) is 0 Å². The van der Waals surface area contributed by atoms with Crippen LogP contribution in [0, 0.1) is 0 Å². The van der Waals surface area contributed by atoms with Crippen molar-refractivity contribution in [1.29, 1.82) is 0 Å². The quantitative estimate of drug-likeness (QED) is 0.434. The van der Waals surface area contributed by atoms with E-state index in [1.807, 2.05) is 24.3 Å². The number of ether oxygens (including phenoxy) is 1. The molecule has 3 heteroatoms. The zero-order valence-corrected chi connectivity index (χ0v) is 8.15. The van der Waals surface area contributed by atoms with Gasteiger partial charge in [0.25, 0.3) is 0 Å². The van der Waals surface area contributed by atoms with E-state index in [4.69, 9.17) is 16.3 Å². The highest BCUT2D eigenvalue weighted by molar-refractivity contribution is 6.30. The number of rotatable bonds is 3. The summed E-state index contributed by atoms with van der Waals surface area (Å²) in [7, 11) is 0. The Bertz CT molecular complexity index is 356. The summed E-state index contributed by atoms with van der Waals surface area (Å²) in [5.41, 5.74) is 1.09. The second kappa shape index (κ2) is 3.95. The summed E-state index contributed by atoms with van der Waals surface area (Å²) in [6.45, 7) is 0. The van der Waals surface area contributed by atoms with Crippen LogP contribution in [-0.2, 0) is 9.53 Å². The lowest BCUT2D eigenvalue weighted by Crippen LogP contribution is -1.84. The van der Waals surface area contributed by atoms with Crippen LogP contribution in [0.15, 0.2) is 36.4 Å². The first-order valence-electron chi connectivity index (χ1n) is 4.34. The van der Waals surface area contributed by atoms with Crippen molar-refractivity contribution in [3.05, 3.63) is 47.0 Å². The van der Waals surface area contributed by atoms with Gasteiger partial charge in [0.2, 0.25) is 0 Å². The number of hydrogen-bond acceptors (Lipinski definition) is 2. The summed E-state index contributed by atoms with van der Waals surface area (Å²) in [6.07, 6.45) is 4.10. The molecular formula is C11H9ClO2. The molecule has 0 aliphatic carbocycles. The SMILES string of the molecule is O=C/C=C/C1OC1c1ccc(Cl)cc1. The molecule has 2 atom stereocenters. The third-order valence-electron chi connectivity index (χ3n) is 2.10. The molecule has 0 N–H and O–H groups in total. The van der Waals surface area contributed by atoms with Crippen molar-refractivity contribution in [1.82, 2.24) is 0 Å². The highest BCUT2D eigenvalue weighted by atomic mass is 35.5. The molecule has 0 spiro atoms. The zero-order valence-electron chi connectivity index (χ0n) is 7.39. The number of hydrogen-bond donors (Lipinski definition) is 0. The molecule has 2 rings (SSSR count). The Kier molecular flexibility index (Phi) is 2.66. The maximum atomic E-state index is 10.1. The Morgan fingerprint density at radius 3 is 2.64 bits per heavy atom. The first-order valence-corrected chi connectivity index (χ1v) is 4.72. The fourth-order valence-electron chi connectivity index (χ4n) is 1.35. The molecule has 0 bridgehead atoms. The molecule has 1 aliphatic heterocycles. The minimum atomic E-state index is 0.0429. The number of aldehydes is 1. The van der Waals surface area contributed by atoms with Crippen LogP contribution < -0.4 is 0 Å². The van der Waals surface area contributed by atoms with E-state index >= 15 is 0 Å². The largest absolute Gasteiger partial charge is 0.360 e. The molecule has 1 heterocycles. The van der Waals surface area contributed by atoms with Crippen molar-refractivity contribution in [2.24, 2.45) is 0 Å². The van der Waals surface area contributed by atoms with Crippen LogP contribution in [-0.4, -0.2) is 12.4 Å². The van der Waals surface area contributed by atoms with Gasteiger partial charge < -0.3 is 4.74 Å². The van der Waals surface area contributed by atoms with E-state index in [0.29, 0.717) is 0 Å². The van der Waals surface area contributed by atoms with E-state index in [0.717, 1.165) is 16.9 Å². The van der Waals surface area contributed by atoms with E-state index in [2.05, 4.69) is 0 Å². The van der Waals surface area contributed by atoms with Crippen LogP contribution >= 0.6 is 11.6 Å². The molecule has 1 aromatic carbocycles. The summed E-state index contributed by atoms with van der Waals surface area (Å²) >= 11 is 5.76. The number of carbonyl (C=O) groups is 1. The fraction of sp³-hybridized carbons (Fsp3) is 0.182. The van der Waals surface area contributed by atoms with Crippen LogP contribution in [0.25, 0.3) is 0 Å². The maximum Gasteiger partial charge on any atom is 0.142 e. The predicted molar refractivity (Wildman–Crippen MR) is 54.3 cm³/mol. The second-order valence-electron chi connectivity index (χ2n) is 3.09. The topological polar surface area (TPSA) is 29.6 Å². The highest BCUT2D eigenvalue weighted by Crippen LogP contribution is 2.39. The average Bonchev–Trinajstić information content (AvgIpc) is 2.95. The van der Waals surface area contributed by atoms with E-state index in [9.17, 15) is 4.79 Å². The van der Waals surface area contributed by atoms with Gasteiger partial charge in [-0.1, -0.05) is 23.7 Å². The van der Waals surface area contributed by atoms with E-state index < -0.39 is 0 Å². The molecule has 0 amide bonds. The summed E-state index contributed by atoms with van der Waals surface area (Å²) in [6, 6.07) is 7.53. The summed E-state index contributed by atoms with van der Waals surface area (Å²) in [5.74, 6) is 0. The third kappa shape index (κ3) is 2.03. The predicted octanol–water partition coefficient (Wildman–Crippen LogP) is 2.54. The molecule has 1 fully saturated rings. The number of epoxide rings is 1. The normalized spacial score (nSPS) is 25.2. The molecule has 2 nitrogen and oxygen atoms in total. The van der Waals surface area contributed by atoms with Gasteiger partial charge in [-0.2, -0.15) is 0 Å². The Hall–Kier alpha value is -1.12. The Balaban J connectivity index is 2.02. The van der Waals surface area contributed by atoms with Gasteiger partial charge in [-0.3, -0.25) is 4.79 Å². The molecule has 0 aromatic heterocycles. The highest BCUT2D eigenvalue weighted by Gasteiger charge is 2.37. The van der Waals surface area contributed by atoms with Crippen LogP contribution in [0.3, 0.4) is 0 Å². The second-order valence-corrected chi connectivity index (χ2v) is 3.53. The first-order chi connectivity index (χ1) is 6.81. The van der Waals surface area contributed by atoms with Crippen molar-refractivity contribution < 1.29 is 9.53 Å². The summed E-state index contributed by atoms with van der Waals surface area (Å²) < 4.78 is 5.36. The van der Waals surface area contributed by atoms with Crippen LogP contribution in [0.5, 0.6) is 0 Å². The minimum absolute atomic E-state index is 0.0429. The lowest BCUT2D eigenvalue weighted by molar-refractivity contribution is -0.104. The first kappa shape index (κ1) is 9.44. The lowest BCUT2D eigenvalue weighted by Gasteiger charge is -1.94. The van der Waals surface area contributed by atoms with E-state index in [1.165, 1.54) is 6.08 Å². The monoisotopic (exact) mass is 208 g/mol. The van der Waals surface area contributed by atoms with Gasteiger partial charge in [-0.25, -0.2) is 0 Å². The number of halogens is 1. The zero-order chi connectivity index (χ0) is 9.97. The summed E-state index contributed by atoms with van der Waals surface area (Å²) in [4.78, 5) is 10.1. The van der Waals surface area contributed by atoms with Gasteiger partial charge in [0.05, 0.1) is 0 Å². The number of carbonyl (C=O) groups excluding carboxylic acids is 1. The molecule has 2 unspecified atom stereocenters. The molecular weight excluding hydrogens is 200 g/mol. The van der Waals surface area contributed by atoms with Crippen molar-refractivity contribution in [2.75, 3.05) is 0 Å². The molecule has 14 heavy (non-hydrogen) atoms. The summed E-state index contributed by atoms with van der Waals surface area (Å²) in [5, 5.41) is 0.717. The van der Waals surface area contributed by atoms with E-state index in [1.54, 1.807) is 6.08 Å². The van der Waals surface area contributed by atoms with Gasteiger partial charge in [-0.15, -0.1) is 0 Å². The van der Waals surface area contributed by atoms with Crippen molar-refractivity contribution in [3.8, 4) is 0 Å². The molecule has 0 radical (unpaired) electrons. The van der Waals surface area contributed by atoms with E-state index in [-0.39, 0.29) is 12.2 Å². The third-order valence-corrected chi connectivity index (χ3v) is 2.36. The van der Waals surface area contributed by atoms with Gasteiger partial charge in [-0.05, 0) is 29.8 Å². The molecule has 0 saturated carbocycles. The molecule has 1 aliphatic rings. The van der Waals surface area contributed by atoms with Crippen LogP contribution in [0.2, 0.25) is 5.02 Å². The Labute approximate surface area is 87.1 Å². The molecule has 72 valence electrons. The fourth-order valence-corrected chi connectivity index (χ4v) is 1.47. The van der Waals surface area contributed by atoms with Crippen LogP contribution in [0.1, 0.15) is 11.7 Å². The molecule has 1 saturated heterocycles. The number of benzene rings is 1. The Morgan fingerprint density at radius 2 is 2.00 bits per heavy atom. The molecule has 1 aromatic rings. The van der Waals surface area contributed by atoms with Crippen LogP contribution in [0.4, 0.5) is 0 Å². The average molecular weight is 209 g/mol. The Morgan fingerprint density at radius 1 is 1.29 bits per heavy atom. The minimum Gasteiger partial charge on any atom is -0.360 e.